The second kappa shape index (κ2) is 8.97. The Labute approximate surface area is 207 Å². The fourth-order valence-electron chi connectivity index (χ4n) is 3.52. The van der Waals surface area contributed by atoms with E-state index in [0.29, 0.717) is 16.8 Å². The molecule has 1 heterocycles. The van der Waals surface area contributed by atoms with Crippen LogP contribution in [0.3, 0.4) is 0 Å². The Kier molecular flexibility index (Phi) is 6.28. The summed E-state index contributed by atoms with van der Waals surface area (Å²) in [5.74, 6) is 0. The molecule has 0 saturated carbocycles. The van der Waals surface area contributed by atoms with Crippen LogP contribution in [0.5, 0.6) is 0 Å². The Morgan fingerprint density at radius 1 is 0.812 bits per heavy atom. The summed E-state index contributed by atoms with van der Waals surface area (Å²) < 4.78 is 33.9. The van der Waals surface area contributed by atoms with E-state index in [2.05, 4.69) is 10.2 Å². The summed E-state index contributed by atoms with van der Waals surface area (Å²) >= 11 is 0. The molecular weight excluding hydrogens is 433 g/mol. The van der Waals surface area contributed by atoms with Gasteiger partial charge in [0.25, 0.3) is 10.1 Å². The molecule has 32 heavy (non-hydrogen) atoms. The molecule has 0 aliphatic heterocycles. The van der Waals surface area contributed by atoms with Gasteiger partial charge in [-0.2, -0.15) is 13.2 Å². The summed E-state index contributed by atoms with van der Waals surface area (Å²) in [5.41, 5.74) is 3.14. The average molecular weight is 451 g/mol. The van der Waals surface area contributed by atoms with E-state index in [-0.39, 0.29) is 34.5 Å². The molecular formula is C24H18N3NaO3S. The summed E-state index contributed by atoms with van der Waals surface area (Å²) in [6, 6.07) is 25.9. The molecule has 5 aromatic rings. The van der Waals surface area contributed by atoms with Gasteiger partial charge in [-0.3, -0.25) is 4.55 Å². The van der Waals surface area contributed by atoms with Crippen molar-refractivity contribution in [3.8, 4) is 5.69 Å². The van der Waals surface area contributed by atoms with E-state index >= 15 is 0 Å². The first-order valence-electron chi connectivity index (χ1n) is 9.59. The summed E-state index contributed by atoms with van der Waals surface area (Å²) in [4.78, 5) is 1.18. The third-order valence-corrected chi connectivity index (χ3v) is 5.95. The van der Waals surface area contributed by atoms with Gasteiger partial charge in [-0.25, -0.2) is 0 Å². The molecule has 0 unspecified atom stereocenters. The molecule has 0 bridgehead atoms. The number of nitrogens with zero attached hydrogens (tertiary/aromatic N) is 3. The van der Waals surface area contributed by atoms with Crippen molar-refractivity contribution in [3.63, 3.8) is 0 Å². The van der Waals surface area contributed by atoms with E-state index in [1.165, 1.54) is 10.9 Å². The van der Waals surface area contributed by atoms with E-state index in [1.807, 2.05) is 66.7 Å². The first-order chi connectivity index (χ1) is 15.0. The second-order valence-corrected chi connectivity index (χ2v) is 8.48. The van der Waals surface area contributed by atoms with Gasteiger partial charge >= 0.3 is 29.6 Å². The van der Waals surface area contributed by atoms with Crippen LogP contribution >= 0.6 is 0 Å². The third-order valence-electron chi connectivity index (χ3n) is 5.04. The predicted octanol–water partition coefficient (Wildman–Crippen LogP) is 4.34. The normalized spacial score (nSPS) is 11.8. The summed E-state index contributed by atoms with van der Waals surface area (Å²) in [5, 5.41) is 11.1. The van der Waals surface area contributed by atoms with E-state index in [9.17, 15) is 13.0 Å². The molecule has 5 rings (SSSR count). The van der Waals surface area contributed by atoms with Gasteiger partial charge in [-0.05, 0) is 34.7 Å². The molecule has 8 heteroatoms. The van der Waals surface area contributed by atoms with Crippen molar-refractivity contribution in [1.82, 2.24) is 15.0 Å². The minimum absolute atomic E-state index is 0. The van der Waals surface area contributed by atoms with Crippen LogP contribution in [0.4, 0.5) is 0 Å². The van der Waals surface area contributed by atoms with Gasteiger partial charge in [0.1, 0.15) is 15.9 Å². The summed E-state index contributed by atoms with van der Waals surface area (Å²) in [7, 11) is -4.45. The monoisotopic (exact) mass is 451 g/mol. The van der Waals surface area contributed by atoms with Crippen molar-refractivity contribution >= 4 is 73.6 Å². The standard InChI is InChI=1S/C24H17N3O3S.Na.H/c28-31(29,30)23-16-20(14-12-19(23)11-10-17-6-2-1-3-7-17)27-25-22-15-13-18-8-4-5-9-21(18)24(22)26-27;;/h1-16H,(H,28,29,30);;/b11-10+;;. The quantitative estimate of drug-likeness (QED) is 0.250. The maximum absolute atomic E-state index is 12.1. The van der Waals surface area contributed by atoms with Gasteiger partial charge in [-0.1, -0.05) is 78.9 Å². The fraction of sp³-hybridized carbons (Fsp3) is 0. The van der Waals surface area contributed by atoms with Gasteiger partial charge < -0.3 is 0 Å². The van der Waals surface area contributed by atoms with Crippen LogP contribution in [0.1, 0.15) is 11.1 Å². The molecule has 0 fully saturated rings. The van der Waals surface area contributed by atoms with E-state index in [1.54, 1.807) is 24.3 Å². The SMILES string of the molecule is O=S(=O)(O)c1cc(-n2nc3ccc4ccccc4c3n2)ccc1/C=C/c1ccccc1.[NaH]. The molecule has 1 N–H and O–H groups in total. The summed E-state index contributed by atoms with van der Waals surface area (Å²) in [6.45, 7) is 0. The van der Waals surface area contributed by atoms with Crippen LogP contribution in [0.15, 0.2) is 89.8 Å². The van der Waals surface area contributed by atoms with E-state index in [4.69, 9.17) is 0 Å². The molecule has 0 spiro atoms. The zero-order valence-corrected chi connectivity index (χ0v) is 17.1. The Hall–Kier alpha value is -2.81. The average Bonchev–Trinajstić information content (AvgIpc) is 3.23. The Morgan fingerprint density at radius 2 is 1.56 bits per heavy atom. The van der Waals surface area contributed by atoms with Crippen molar-refractivity contribution in [3.05, 3.63) is 96.1 Å². The minimum atomic E-state index is -4.45. The molecule has 0 saturated heterocycles. The second-order valence-electron chi connectivity index (χ2n) is 7.09. The van der Waals surface area contributed by atoms with Gasteiger partial charge in [0.05, 0.1) is 5.69 Å². The fourth-order valence-corrected chi connectivity index (χ4v) is 4.23. The molecule has 0 amide bonds. The van der Waals surface area contributed by atoms with Crippen molar-refractivity contribution in [2.45, 2.75) is 4.90 Å². The first-order valence-corrected chi connectivity index (χ1v) is 11.0. The van der Waals surface area contributed by atoms with Crippen molar-refractivity contribution in [1.29, 1.82) is 0 Å². The van der Waals surface area contributed by atoms with E-state index < -0.39 is 10.1 Å². The molecule has 0 aliphatic rings. The van der Waals surface area contributed by atoms with Crippen LogP contribution in [-0.4, -0.2) is 57.5 Å². The molecule has 0 atom stereocenters. The maximum atomic E-state index is 12.1. The molecule has 0 radical (unpaired) electrons. The Bertz CT molecular complexity index is 1560. The van der Waals surface area contributed by atoms with Crippen LogP contribution in [0.25, 0.3) is 39.6 Å². The van der Waals surface area contributed by atoms with E-state index in [0.717, 1.165) is 21.9 Å². The number of hydrogen-bond acceptors (Lipinski definition) is 4. The number of hydrogen-bond donors (Lipinski definition) is 1. The van der Waals surface area contributed by atoms with Crippen molar-refractivity contribution in [2.75, 3.05) is 0 Å². The van der Waals surface area contributed by atoms with Crippen LogP contribution in [-0.2, 0) is 10.1 Å². The Morgan fingerprint density at radius 3 is 2.34 bits per heavy atom. The zero-order chi connectivity index (χ0) is 21.4. The van der Waals surface area contributed by atoms with Gasteiger partial charge in [0.2, 0.25) is 0 Å². The summed E-state index contributed by atoms with van der Waals surface area (Å²) in [6.07, 6.45) is 3.44. The number of aromatic nitrogens is 3. The van der Waals surface area contributed by atoms with Crippen molar-refractivity contribution < 1.29 is 13.0 Å². The van der Waals surface area contributed by atoms with Gasteiger partial charge in [0, 0.05) is 5.39 Å². The van der Waals surface area contributed by atoms with Crippen LogP contribution in [0.2, 0.25) is 0 Å². The van der Waals surface area contributed by atoms with Gasteiger partial charge in [0.15, 0.2) is 0 Å². The van der Waals surface area contributed by atoms with Crippen LogP contribution < -0.4 is 0 Å². The zero-order valence-electron chi connectivity index (χ0n) is 16.3. The third kappa shape index (κ3) is 4.39. The Balaban J connectivity index is 0.00000245. The number of rotatable bonds is 4. The molecule has 1 aromatic heterocycles. The molecule has 6 nitrogen and oxygen atoms in total. The predicted molar refractivity (Wildman–Crippen MR) is 129 cm³/mol. The molecule has 0 aliphatic carbocycles. The van der Waals surface area contributed by atoms with Crippen molar-refractivity contribution in [2.24, 2.45) is 0 Å². The molecule has 4 aromatic carbocycles. The van der Waals surface area contributed by atoms with Crippen LogP contribution in [0, 0.1) is 0 Å². The number of benzene rings is 4. The first kappa shape index (κ1) is 22.4. The topological polar surface area (TPSA) is 85.1 Å². The number of fused-ring (bicyclic) bond motifs is 3. The molecule has 154 valence electrons. The van der Waals surface area contributed by atoms with Gasteiger partial charge in [-0.15, -0.1) is 10.2 Å².